The third-order valence-electron chi connectivity index (χ3n) is 2.41. The van der Waals surface area contributed by atoms with Gasteiger partial charge >= 0.3 is 5.69 Å². The van der Waals surface area contributed by atoms with Crippen molar-refractivity contribution in [3.8, 4) is 10.8 Å². The molecular weight excluding hydrogens is 309 g/mol. The van der Waals surface area contributed by atoms with Crippen LogP contribution in [0.25, 0.3) is 0 Å². The molecule has 0 fully saturated rings. The van der Waals surface area contributed by atoms with Crippen LogP contribution in [-0.2, 0) is 0 Å². The highest BCUT2D eigenvalue weighted by Crippen LogP contribution is 2.42. The van der Waals surface area contributed by atoms with Crippen LogP contribution in [-0.4, -0.2) is 10.0 Å². The van der Waals surface area contributed by atoms with Gasteiger partial charge in [0.1, 0.15) is 11.6 Å². The Morgan fingerprint density at radius 2 is 2.20 bits per heavy atom. The molecule has 2 rings (SSSR count). The summed E-state index contributed by atoms with van der Waals surface area (Å²) in [5.74, 6) is -0.590. The number of hydrogen-bond acceptors (Lipinski definition) is 5. The number of thiophene rings is 1. The van der Waals surface area contributed by atoms with E-state index in [9.17, 15) is 19.6 Å². The number of nitro groups is 1. The number of aliphatic hydroxyl groups excluding tert-OH is 1. The third kappa shape index (κ3) is 3.06. The Morgan fingerprint density at radius 3 is 2.75 bits per heavy atom. The first kappa shape index (κ1) is 14.7. The van der Waals surface area contributed by atoms with Crippen molar-refractivity contribution >= 4 is 28.6 Å². The normalized spacial score (nSPS) is 12.2. The van der Waals surface area contributed by atoms with Gasteiger partial charge in [0.15, 0.2) is 0 Å². The molecule has 1 N–H and O–H groups in total. The van der Waals surface area contributed by atoms with Gasteiger partial charge in [-0.15, -0.1) is 0 Å². The number of hydrogen-bond donors (Lipinski definition) is 1. The smallest absolute Gasteiger partial charge is 0.323 e. The number of aliphatic hydroxyl groups is 1. The van der Waals surface area contributed by atoms with E-state index in [2.05, 4.69) is 0 Å². The molecule has 20 heavy (non-hydrogen) atoms. The van der Waals surface area contributed by atoms with E-state index in [4.69, 9.17) is 16.3 Å². The summed E-state index contributed by atoms with van der Waals surface area (Å²) in [6.45, 7) is 1.49. The van der Waals surface area contributed by atoms with Crippen LogP contribution in [0.5, 0.6) is 10.8 Å². The van der Waals surface area contributed by atoms with E-state index < -0.39 is 16.8 Å². The molecule has 0 radical (unpaired) electrons. The number of halogens is 2. The van der Waals surface area contributed by atoms with E-state index in [1.165, 1.54) is 25.1 Å². The second-order valence-electron chi connectivity index (χ2n) is 3.93. The average molecular weight is 318 g/mol. The van der Waals surface area contributed by atoms with Crippen molar-refractivity contribution in [2.24, 2.45) is 0 Å². The summed E-state index contributed by atoms with van der Waals surface area (Å²) in [4.78, 5) is 10.7. The average Bonchev–Trinajstić information content (AvgIpc) is 2.78. The highest BCUT2D eigenvalue weighted by atomic mass is 35.5. The van der Waals surface area contributed by atoms with Crippen LogP contribution in [0.2, 0.25) is 5.02 Å². The predicted octanol–water partition coefficient (Wildman–Crippen LogP) is 4.29. The van der Waals surface area contributed by atoms with Crippen molar-refractivity contribution < 1.29 is 19.2 Å². The number of benzene rings is 1. The zero-order valence-corrected chi connectivity index (χ0v) is 11.7. The SMILES string of the molecule is C[C@H](O)c1cc([N+](=O)[O-])c(Oc2ccc(Cl)c(F)c2)s1. The lowest BCUT2D eigenvalue weighted by molar-refractivity contribution is -0.385. The van der Waals surface area contributed by atoms with E-state index in [0.29, 0.717) is 4.88 Å². The molecule has 0 saturated heterocycles. The van der Waals surface area contributed by atoms with Crippen molar-refractivity contribution in [3.63, 3.8) is 0 Å². The first-order valence-electron chi connectivity index (χ1n) is 5.47. The molecule has 0 aliphatic rings. The summed E-state index contributed by atoms with van der Waals surface area (Å²) in [5, 5.41) is 20.3. The molecule has 0 aliphatic carbocycles. The summed E-state index contributed by atoms with van der Waals surface area (Å²) in [7, 11) is 0. The van der Waals surface area contributed by atoms with Crippen LogP contribution in [0.1, 0.15) is 17.9 Å². The van der Waals surface area contributed by atoms with Crippen LogP contribution < -0.4 is 4.74 Å². The molecule has 1 atom stereocenters. The van der Waals surface area contributed by atoms with Crippen molar-refractivity contribution in [3.05, 3.63) is 50.1 Å². The van der Waals surface area contributed by atoms with Crippen molar-refractivity contribution in [2.75, 3.05) is 0 Å². The zero-order chi connectivity index (χ0) is 14.9. The van der Waals surface area contributed by atoms with E-state index in [-0.39, 0.29) is 21.5 Å². The van der Waals surface area contributed by atoms with Gasteiger partial charge in [-0.2, -0.15) is 0 Å². The summed E-state index contributed by atoms with van der Waals surface area (Å²) in [5.41, 5.74) is -0.277. The minimum absolute atomic E-state index is 0.0207. The fourth-order valence-corrected chi connectivity index (χ4v) is 2.48. The Bertz CT molecular complexity index is 659. The van der Waals surface area contributed by atoms with E-state index >= 15 is 0 Å². The lowest BCUT2D eigenvalue weighted by Gasteiger charge is -2.03. The molecule has 106 valence electrons. The third-order valence-corrected chi connectivity index (χ3v) is 3.89. The van der Waals surface area contributed by atoms with Gasteiger partial charge < -0.3 is 9.84 Å². The molecule has 0 bridgehead atoms. The van der Waals surface area contributed by atoms with Gasteiger partial charge in [-0.25, -0.2) is 4.39 Å². The van der Waals surface area contributed by atoms with Crippen LogP contribution in [0.3, 0.4) is 0 Å². The number of ether oxygens (including phenoxy) is 1. The fourth-order valence-electron chi connectivity index (χ4n) is 1.44. The minimum atomic E-state index is -0.849. The number of nitrogens with zero attached hydrogens (tertiary/aromatic N) is 1. The molecule has 1 heterocycles. The molecule has 2 aromatic rings. The Hall–Kier alpha value is -1.70. The van der Waals surface area contributed by atoms with E-state index in [1.807, 2.05) is 0 Å². The van der Waals surface area contributed by atoms with Crippen LogP contribution in [0, 0.1) is 15.9 Å². The first-order chi connectivity index (χ1) is 9.38. The molecule has 0 saturated carbocycles. The van der Waals surface area contributed by atoms with Gasteiger partial charge in [-0.1, -0.05) is 22.9 Å². The molecule has 5 nitrogen and oxygen atoms in total. The fraction of sp³-hybridized carbons (Fsp3) is 0.167. The largest absolute Gasteiger partial charge is 0.440 e. The van der Waals surface area contributed by atoms with Gasteiger partial charge in [-0.05, 0) is 19.1 Å². The molecule has 1 aromatic heterocycles. The molecule has 1 aromatic carbocycles. The highest BCUT2D eigenvalue weighted by Gasteiger charge is 2.23. The highest BCUT2D eigenvalue weighted by molar-refractivity contribution is 7.14. The van der Waals surface area contributed by atoms with E-state index in [1.54, 1.807) is 0 Å². The maximum absolute atomic E-state index is 13.3. The quantitative estimate of drug-likeness (QED) is 0.674. The second kappa shape index (κ2) is 5.74. The summed E-state index contributed by atoms with van der Waals surface area (Å²) < 4.78 is 18.6. The summed E-state index contributed by atoms with van der Waals surface area (Å²) in [6, 6.07) is 4.96. The second-order valence-corrected chi connectivity index (χ2v) is 5.39. The molecule has 0 spiro atoms. The topological polar surface area (TPSA) is 72.6 Å². The molecule has 0 unspecified atom stereocenters. The Labute approximate surface area is 122 Å². The molecule has 8 heteroatoms. The summed E-state index contributed by atoms with van der Waals surface area (Å²) in [6.07, 6.45) is -0.849. The molecule has 0 aliphatic heterocycles. The zero-order valence-electron chi connectivity index (χ0n) is 10.2. The van der Waals surface area contributed by atoms with Crippen LogP contribution in [0.15, 0.2) is 24.3 Å². The molecule has 0 amide bonds. The van der Waals surface area contributed by atoms with Gasteiger partial charge in [-0.3, -0.25) is 10.1 Å². The first-order valence-corrected chi connectivity index (χ1v) is 6.67. The summed E-state index contributed by atoms with van der Waals surface area (Å²) >= 11 is 6.47. The van der Waals surface area contributed by atoms with Gasteiger partial charge in [0.2, 0.25) is 0 Å². The van der Waals surface area contributed by atoms with Crippen molar-refractivity contribution in [2.45, 2.75) is 13.0 Å². The minimum Gasteiger partial charge on any atom is -0.440 e. The lowest BCUT2D eigenvalue weighted by Crippen LogP contribution is -1.90. The monoisotopic (exact) mass is 317 g/mol. The predicted molar refractivity (Wildman–Crippen MR) is 73.1 cm³/mol. The Kier molecular flexibility index (Phi) is 4.22. The lowest BCUT2D eigenvalue weighted by atomic mass is 10.3. The van der Waals surface area contributed by atoms with Crippen LogP contribution in [0.4, 0.5) is 10.1 Å². The molecular formula is C12H9ClFNO4S. The van der Waals surface area contributed by atoms with Crippen molar-refractivity contribution in [1.29, 1.82) is 0 Å². The standard InChI is InChI=1S/C12H9ClFNO4S/c1-6(16)11-5-10(15(17)18)12(20-11)19-7-2-3-8(13)9(14)4-7/h2-6,16H,1H3/t6-/m0/s1. The van der Waals surface area contributed by atoms with Gasteiger partial charge in [0.05, 0.1) is 16.0 Å². The van der Waals surface area contributed by atoms with Crippen LogP contribution >= 0.6 is 22.9 Å². The maximum atomic E-state index is 13.3. The van der Waals surface area contributed by atoms with Gasteiger partial charge in [0, 0.05) is 17.0 Å². The number of rotatable bonds is 4. The van der Waals surface area contributed by atoms with Crippen molar-refractivity contribution in [1.82, 2.24) is 0 Å². The van der Waals surface area contributed by atoms with Gasteiger partial charge in [0.25, 0.3) is 5.06 Å². The Balaban J connectivity index is 2.36. The maximum Gasteiger partial charge on any atom is 0.323 e. The van der Waals surface area contributed by atoms with E-state index in [0.717, 1.165) is 17.4 Å². The Morgan fingerprint density at radius 1 is 1.50 bits per heavy atom.